The Kier molecular flexibility index (Phi) is 2.50. The highest BCUT2D eigenvalue weighted by molar-refractivity contribution is 14.1. The molecule has 0 saturated heterocycles. The smallest absolute Gasteiger partial charge is 0.0495 e. The van der Waals surface area contributed by atoms with Crippen molar-refractivity contribution in [1.29, 1.82) is 0 Å². The van der Waals surface area contributed by atoms with E-state index in [4.69, 9.17) is 11.5 Å². The zero-order valence-corrected chi connectivity index (χ0v) is 7.63. The van der Waals surface area contributed by atoms with Crippen LogP contribution in [0.15, 0.2) is 18.2 Å². The average Bonchev–Trinajstić information content (AvgIpc) is 1.95. The van der Waals surface area contributed by atoms with Gasteiger partial charge in [0.2, 0.25) is 0 Å². The van der Waals surface area contributed by atoms with Crippen LogP contribution in [-0.2, 0) is 6.54 Å². The molecule has 1 rings (SSSR count). The van der Waals surface area contributed by atoms with Gasteiger partial charge in [-0.3, -0.25) is 0 Å². The Balaban J connectivity index is 3.14. The van der Waals surface area contributed by atoms with Gasteiger partial charge in [-0.25, -0.2) is 0 Å². The summed E-state index contributed by atoms with van der Waals surface area (Å²) in [4.78, 5) is 0. The van der Waals surface area contributed by atoms with Gasteiger partial charge in [0.25, 0.3) is 0 Å². The summed E-state index contributed by atoms with van der Waals surface area (Å²) >= 11 is 2.19. The summed E-state index contributed by atoms with van der Waals surface area (Å²) < 4.78 is 1.07. The molecular formula is C7H9IN2. The monoisotopic (exact) mass is 248 g/mol. The lowest BCUT2D eigenvalue weighted by Gasteiger charge is -2.02. The van der Waals surface area contributed by atoms with Crippen molar-refractivity contribution in [3.8, 4) is 0 Å². The van der Waals surface area contributed by atoms with Crippen molar-refractivity contribution in [2.24, 2.45) is 5.73 Å². The third kappa shape index (κ3) is 1.41. The number of anilines is 1. The number of hydrogen-bond acceptors (Lipinski definition) is 2. The number of nitrogen functional groups attached to an aromatic ring is 1. The molecule has 0 aliphatic rings. The van der Waals surface area contributed by atoms with E-state index >= 15 is 0 Å². The Labute approximate surface area is 73.7 Å². The minimum Gasteiger partial charge on any atom is -0.398 e. The molecule has 3 heteroatoms. The molecule has 0 atom stereocenters. The molecule has 0 aromatic heterocycles. The largest absolute Gasteiger partial charge is 0.398 e. The number of para-hydroxylation sites is 1. The maximum atomic E-state index is 5.71. The van der Waals surface area contributed by atoms with E-state index in [1.54, 1.807) is 0 Å². The van der Waals surface area contributed by atoms with E-state index < -0.39 is 0 Å². The van der Waals surface area contributed by atoms with Crippen LogP contribution in [0.5, 0.6) is 0 Å². The predicted molar refractivity (Wildman–Crippen MR) is 51.5 cm³/mol. The second kappa shape index (κ2) is 3.21. The third-order valence-electron chi connectivity index (χ3n) is 1.36. The Morgan fingerprint density at radius 3 is 2.60 bits per heavy atom. The van der Waals surface area contributed by atoms with Gasteiger partial charge in [-0.05, 0) is 34.2 Å². The maximum absolute atomic E-state index is 5.71. The van der Waals surface area contributed by atoms with Crippen molar-refractivity contribution in [1.82, 2.24) is 0 Å². The van der Waals surface area contributed by atoms with Crippen molar-refractivity contribution in [3.63, 3.8) is 0 Å². The van der Waals surface area contributed by atoms with Crippen molar-refractivity contribution in [3.05, 3.63) is 27.3 Å². The van der Waals surface area contributed by atoms with Crippen LogP contribution in [0.1, 0.15) is 5.56 Å². The van der Waals surface area contributed by atoms with Gasteiger partial charge in [0.15, 0.2) is 0 Å². The van der Waals surface area contributed by atoms with Gasteiger partial charge in [0.1, 0.15) is 0 Å². The molecule has 0 amide bonds. The maximum Gasteiger partial charge on any atom is 0.0495 e. The fraction of sp³-hybridized carbons (Fsp3) is 0.143. The van der Waals surface area contributed by atoms with E-state index in [-0.39, 0.29) is 0 Å². The summed E-state index contributed by atoms with van der Waals surface area (Å²) in [6.07, 6.45) is 0. The molecular weight excluding hydrogens is 239 g/mol. The minimum atomic E-state index is 0.517. The number of benzene rings is 1. The van der Waals surface area contributed by atoms with Crippen molar-refractivity contribution < 1.29 is 0 Å². The second-order valence-corrected chi connectivity index (χ2v) is 3.18. The van der Waals surface area contributed by atoms with Crippen LogP contribution in [0.2, 0.25) is 0 Å². The number of nitrogens with two attached hydrogens (primary N) is 2. The fourth-order valence-corrected chi connectivity index (χ4v) is 1.31. The minimum absolute atomic E-state index is 0.517. The third-order valence-corrected chi connectivity index (χ3v) is 2.30. The van der Waals surface area contributed by atoms with Crippen LogP contribution >= 0.6 is 22.6 Å². The average molecular weight is 248 g/mol. The van der Waals surface area contributed by atoms with Crippen molar-refractivity contribution in [2.75, 3.05) is 5.73 Å². The topological polar surface area (TPSA) is 52.0 Å². The van der Waals surface area contributed by atoms with E-state index in [1.165, 1.54) is 0 Å². The number of halogens is 1. The lowest BCUT2D eigenvalue weighted by Crippen LogP contribution is -2.02. The molecule has 0 radical (unpaired) electrons. The Morgan fingerprint density at radius 2 is 2.10 bits per heavy atom. The van der Waals surface area contributed by atoms with Crippen LogP contribution in [-0.4, -0.2) is 0 Å². The summed E-state index contributed by atoms with van der Waals surface area (Å²) in [6, 6.07) is 5.87. The van der Waals surface area contributed by atoms with Crippen LogP contribution in [0.3, 0.4) is 0 Å². The Bertz CT molecular complexity index is 235. The SMILES string of the molecule is NCc1cccc(I)c1N. The molecule has 0 aliphatic heterocycles. The lowest BCUT2D eigenvalue weighted by atomic mass is 10.2. The van der Waals surface area contributed by atoms with E-state index in [0.717, 1.165) is 14.8 Å². The summed E-state index contributed by atoms with van der Waals surface area (Å²) in [5.74, 6) is 0. The van der Waals surface area contributed by atoms with Gasteiger partial charge in [-0.15, -0.1) is 0 Å². The quantitative estimate of drug-likeness (QED) is 0.582. The number of rotatable bonds is 1. The van der Waals surface area contributed by atoms with Gasteiger partial charge < -0.3 is 11.5 Å². The summed E-state index contributed by atoms with van der Waals surface area (Å²) in [6.45, 7) is 0.517. The summed E-state index contributed by atoms with van der Waals surface area (Å²) in [5, 5.41) is 0. The first kappa shape index (κ1) is 7.81. The van der Waals surface area contributed by atoms with Crippen LogP contribution in [0, 0.1) is 3.57 Å². The number of hydrogen-bond donors (Lipinski definition) is 2. The van der Waals surface area contributed by atoms with E-state index in [2.05, 4.69) is 22.6 Å². The lowest BCUT2D eigenvalue weighted by molar-refractivity contribution is 1.07. The van der Waals surface area contributed by atoms with Crippen LogP contribution in [0.25, 0.3) is 0 Å². The van der Waals surface area contributed by atoms with Gasteiger partial charge in [-0.1, -0.05) is 12.1 Å². The molecule has 0 heterocycles. The molecule has 1 aromatic carbocycles. The molecule has 10 heavy (non-hydrogen) atoms. The molecule has 54 valence electrons. The zero-order valence-electron chi connectivity index (χ0n) is 5.47. The first-order chi connectivity index (χ1) is 4.75. The van der Waals surface area contributed by atoms with E-state index in [0.29, 0.717) is 6.54 Å². The molecule has 1 aromatic rings. The van der Waals surface area contributed by atoms with Crippen LogP contribution in [0.4, 0.5) is 5.69 Å². The molecule has 0 fully saturated rings. The first-order valence-electron chi connectivity index (χ1n) is 2.98. The Hall–Kier alpha value is -0.290. The van der Waals surface area contributed by atoms with E-state index in [9.17, 15) is 0 Å². The highest BCUT2D eigenvalue weighted by Gasteiger charge is 1.98. The molecule has 0 aliphatic carbocycles. The molecule has 0 saturated carbocycles. The second-order valence-electron chi connectivity index (χ2n) is 2.02. The predicted octanol–water partition coefficient (Wildman–Crippen LogP) is 1.33. The standard InChI is InChI=1S/C7H9IN2/c8-6-3-1-2-5(4-9)7(6)10/h1-3H,4,9-10H2. The van der Waals surface area contributed by atoms with E-state index in [1.807, 2.05) is 18.2 Å². The van der Waals surface area contributed by atoms with Gasteiger partial charge in [0, 0.05) is 15.8 Å². The summed E-state index contributed by atoms with van der Waals surface area (Å²) in [5.41, 5.74) is 13.0. The molecule has 2 nitrogen and oxygen atoms in total. The zero-order chi connectivity index (χ0) is 7.56. The van der Waals surface area contributed by atoms with Crippen molar-refractivity contribution in [2.45, 2.75) is 6.54 Å². The van der Waals surface area contributed by atoms with Crippen molar-refractivity contribution >= 4 is 28.3 Å². The first-order valence-corrected chi connectivity index (χ1v) is 4.06. The highest BCUT2D eigenvalue weighted by atomic mass is 127. The van der Waals surface area contributed by atoms with Gasteiger partial charge in [-0.2, -0.15) is 0 Å². The highest BCUT2D eigenvalue weighted by Crippen LogP contribution is 2.18. The van der Waals surface area contributed by atoms with Gasteiger partial charge in [0.05, 0.1) is 0 Å². The molecule has 0 unspecified atom stereocenters. The normalized spacial score (nSPS) is 9.80. The summed E-state index contributed by atoms with van der Waals surface area (Å²) in [7, 11) is 0. The molecule has 0 spiro atoms. The van der Waals surface area contributed by atoms with Crippen LogP contribution < -0.4 is 11.5 Å². The Morgan fingerprint density at radius 1 is 1.40 bits per heavy atom. The fourth-order valence-electron chi connectivity index (χ4n) is 0.760. The van der Waals surface area contributed by atoms with Gasteiger partial charge >= 0.3 is 0 Å². The molecule has 0 bridgehead atoms. The molecule has 4 N–H and O–H groups in total.